The molecule has 0 unspecified atom stereocenters. The van der Waals surface area contributed by atoms with E-state index in [1.807, 2.05) is 26.0 Å². The monoisotopic (exact) mass is 273 g/mol. The third-order valence-corrected chi connectivity index (χ3v) is 3.97. The number of aromatic nitrogens is 2. The summed E-state index contributed by atoms with van der Waals surface area (Å²) in [5, 5.41) is 5.83. The fourth-order valence-electron chi connectivity index (χ4n) is 2.98. The molecule has 4 nitrogen and oxygen atoms in total. The van der Waals surface area contributed by atoms with Gasteiger partial charge in [0, 0.05) is 17.6 Å². The van der Waals surface area contributed by atoms with Crippen LogP contribution < -0.4 is 10.5 Å². The predicted octanol–water partition coefficient (Wildman–Crippen LogP) is 3.91. The highest BCUT2D eigenvalue weighted by Gasteiger charge is 2.17. The highest BCUT2D eigenvalue weighted by Crippen LogP contribution is 2.32. The van der Waals surface area contributed by atoms with Crippen LogP contribution in [0.3, 0.4) is 0 Å². The highest BCUT2D eigenvalue weighted by molar-refractivity contribution is 5.84. The van der Waals surface area contributed by atoms with Crippen molar-refractivity contribution in [2.24, 2.45) is 0 Å². The van der Waals surface area contributed by atoms with Gasteiger partial charge in [-0.25, -0.2) is 0 Å². The summed E-state index contributed by atoms with van der Waals surface area (Å²) in [4.78, 5) is 0. The topological polar surface area (TPSA) is 53.1 Å². The van der Waals surface area contributed by atoms with Gasteiger partial charge in [0.1, 0.15) is 5.75 Å². The van der Waals surface area contributed by atoms with Crippen molar-refractivity contribution >= 4 is 16.6 Å². The fourth-order valence-corrected chi connectivity index (χ4v) is 2.98. The Bertz CT molecular complexity index is 597. The van der Waals surface area contributed by atoms with E-state index in [9.17, 15) is 0 Å². The summed E-state index contributed by atoms with van der Waals surface area (Å²) in [5.74, 6) is 0.737. The second-order valence-corrected chi connectivity index (χ2v) is 6.02. The second-order valence-electron chi connectivity index (χ2n) is 6.02. The zero-order valence-electron chi connectivity index (χ0n) is 12.3. The predicted molar refractivity (Wildman–Crippen MR) is 82.0 cm³/mol. The Morgan fingerprint density at radius 1 is 1.25 bits per heavy atom. The molecule has 0 saturated heterocycles. The Kier molecular flexibility index (Phi) is 3.55. The number of rotatable bonds is 3. The average Bonchev–Trinajstić information content (AvgIpc) is 2.82. The van der Waals surface area contributed by atoms with Gasteiger partial charge in [-0.05, 0) is 32.8 Å². The van der Waals surface area contributed by atoms with E-state index >= 15 is 0 Å². The maximum absolute atomic E-state index is 6.06. The maximum atomic E-state index is 6.06. The molecule has 3 rings (SSSR count). The lowest BCUT2D eigenvalue weighted by molar-refractivity contribution is 0.244. The number of nitrogen functional groups attached to an aromatic ring is 1. The summed E-state index contributed by atoms with van der Waals surface area (Å²) in [5.41, 5.74) is 7.72. The van der Waals surface area contributed by atoms with Crippen LogP contribution in [0.5, 0.6) is 5.75 Å². The molecular formula is C16H23N3O. The minimum Gasteiger partial charge on any atom is -0.489 e. The van der Waals surface area contributed by atoms with Crippen molar-refractivity contribution in [2.45, 2.75) is 58.1 Å². The zero-order valence-corrected chi connectivity index (χ0v) is 12.3. The van der Waals surface area contributed by atoms with Gasteiger partial charge in [0.2, 0.25) is 0 Å². The third kappa shape index (κ3) is 2.60. The Balaban J connectivity index is 1.93. The second kappa shape index (κ2) is 5.35. The Hall–Kier alpha value is -1.71. The lowest BCUT2D eigenvalue weighted by atomic mass is 9.96. The summed E-state index contributed by atoms with van der Waals surface area (Å²) < 4.78 is 7.86. The van der Waals surface area contributed by atoms with Crippen LogP contribution >= 0.6 is 0 Å². The van der Waals surface area contributed by atoms with E-state index in [2.05, 4.69) is 10.9 Å². The van der Waals surface area contributed by atoms with Crippen molar-refractivity contribution in [1.29, 1.82) is 0 Å². The number of fused-ring (bicyclic) bond motifs is 1. The standard InChI is InChI=1S/C16H23N3O/c1-11(2)20-16-9-15-12(8-14(16)17)10-19(18-15)13-6-4-3-5-7-13/h8-11,13H,3-7,17H2,1-2H3. The molecule has 0 atom stereocenters. The number of anilines is 1. The van der Waals surface area contributed by atoms with Crippen molar-refractivity contribution in [3.8, 4) is 5.75 Å². The number of hydrogen-bond acceptors (Lipinski definition) is 3. The van der Waals surface area contributed by atoms with Gasteiger partial charge >= 0.3 is 0 Å². The molecule has 20 heavy (non-hydrogen) atoms. The maximum Gasteiger partial charge on any atom is 0.144 e. The molecule has 0 spiro atoms. The molecule has 2 N–H and O–H groups in total. The summed E-state index contributed by atoms with van der Waals surface area (Å²) in [6.07, 6.45) is 8.69. The molecule has 1 heterocycles. The number of nitrogens with two attached hydrogens (primary N) is 1. The van der Waals surface area contributed by atoms with Gasteiger partial charge in [-0.15, -0.1) is 0 Å². The molecule has 0 aliphatic heterocycles. The quantitative estimate of drug-likeness (QED) is 0.863. The minimum atomic E-state index is 0.121. The van der Waals surface area contributed by atoms with E-state index in [-0.39, 0.29) is 6.10 Å². The fraction of sp³-hybridized carbons (Fsp3) is 0.562. The first-order chi connectivity index (χ1) is 9.63. The SMILES string of the molecule is CC(C)Oc1cc2nn(C3CCCCC3)cc2cc1N. The molecule has 1 aromatic heterocycles. The Morgan fingerprint density at radius 2 is 2.00 bits per heavy atom. The van der Waals surface area contributed by atoms with E-state index in [0.717, 1.165) is 16.7 Å². The van der Waals surface area contributed by atoms with E-state index < -0.39 is 0 Å². The number of nitrogens with zero attached hydrogens (tertiary/aromatic N) is 2. The van der Waals surface area contributed by atoms with Crippen molar-refractivity contribution < 1.29 is 4.74 Å². The largest absolute Gasteiger partial charge is 0.489 e. The first-order valence-electron chi connectivity index (χ1n) is 7.58. The Labute approximate surface area is 119 Å². The lowest BCUT2D eigenvalue weighted by Gasteiger charge is -2.21. The van der Waals surface area contributed by atoms with Crippen LogP contribution in [-0.4, -0.2) is 15.9 Å². The van der Waals surface area contributed by atoms with Gasteiger partial charge in [0.05, 0.1) is 23.3 Å². The van der Waals surface area contributed by atoms with Gasteiger partial charge in [-0.1, -0.05) is 19.3 Å². The molecule has 0 radical (unpaired) electrons. The normalized spacial score (nSPS) is 16.9. The van der Waals surface area contributed by atoms with Crippen LogP contribution in [-0.2, 0) is 0 Å². The molecule has 0 bridgehead atoms. The van der Waals surface area contributed by atoms with Crippen molar-refractivity contribution in [1.82, 2.24) is 9.78 Å². The molecule has 1 aromatic carbocycles. The van der Waals surface area contributed by atoms with Gasteiger partial charge in [0.15, 0.2) is 0 Å². The first-order valence-corrected chi connectivity index (χ1v) is 7.58. The first kappa shape index (κ1) is 13.3. The van der Waals surface area contributed by atoms with Crippen molar-refractivity contribution in [3.05, 3.63) is 18.3 Å². The smallest absolute Gasteiger partial charge is 0.144 e. The van der Waals surface area contributed by atoms with Crippen LogP contribution in [0, 0.1) is 0 Å². The van der Waals surface area contributed by atoms with Gasteiger partial charge < -0.3 is 10.5 Å². The highest BCUT2D eigenvalue weighted by atomic mass is 16.5. The van der Waals surface area contributed by atoms with E-state index in [1.54, 1.807) is 0 Å². The van der Waals surface area contributed by atoms with E-state index in [4.69, 9.17) is 15.6 Å². The van der Waals surface area contributed by atoms with Crippen LogP contribution in [0.2, 0.25) is 0 Å². The van der Waals surface area contributed by atoms with E-state index in [1.165, 1.54) is 32.1 Å². The third-order valence-electron chi connectivity index (χ3n) is 3.97. The van der Waals surface area contributed by atoms with Crippen molar-refractivity contribution in [2.75, 3.05) is 5.73 Å². The molecule has 108 valence electrons. The molecule has 1 aliphatic rings. The average molecular weight is 273 g/mol. The lowest BCUT2D eigenvalue weighted by Crippen LogP contribution is -2.12. The molecule has 4 heteroatoms. The summed E-state index contributed by atoms with van der Waals surface area (Å²) in [6.45, 7) is 4.01. The van der Waals surface area contributed by atoms with Crippen molar-refractivity contribution in [3.63, 3.8) is 0 Å². The summed E-state index contributed by atoms with van der Waals surface area (Å²) in [7, 11) is 0. The van der Waals surface area contributed by atoms with E-state index in [0.29, 0.717) is 11.7 Å². The Morgan fingerprint density at radius 3 is 2.70 bits per heavy atom. The van der Waals surface area contributed by atoms with Crippen LogP contribution in [0.4, 0.5) is 5.69 Å². The minimum absolute atomic E-state index is 0.121. The zero-order chi connectivity index (χ0) is 14.1. The molecule has 1 saturated carbocycles. The van der Waals surface area contributed by atoms with Gasteiger partial charge in [-0.2, -0.15) is 5.10 Å². The number of benzene rings is 1. The van der Waals surface area contributed by atoms with Crippen LogP contribution in [0.25, 0.3) is 10.9 Å². The summed E-state index contributed by atoms with van der Waals surface area (Å²) >= 11 is 0. The molecule has 1 fully saturated rings. The van der Waals surface area contributed by atoms with Gasteiger partial charge in [-0.3, -0.25) is 4.68 Å². The van der Waals surface area contributed by atoms with Gasteiger partial charge in [0.25, 0.3) is 0 Å². The van der Waals surface area contributed by atoms with Crippen LogP contribution in [0.15, 0.2) is 18.3 Å². The summed E-state index contributed by atoms with van der Waals surface area (Å²) in [6, 6.07) is 4.48. The molecule has 0 amide bonds. The number of ether oxygens (including phenoxy) is 1. The van der Waals surface area contributed by atoms with Crippen LogP contribution in [0.1, 0.15) is 52.0 Å². The molecule has 1 aliphatic carbocycles. The molecular weight excluding hydrogens is 250 g/mol. The number of hydrogen-bond donors (Lipinski definition) is 1. The molecule has 2 aromatic rings.